The summed E-state index contributed by atoms with van der Waals surface area (Å²) in [6.07, 6.45) is 4.95. The van der Waals surface area contributed by atoms with E-state index in [0.29, 0.717) is 25.9 Å². The Balaban J connectivity index is 3.48. The van der Waals surface area contributed by atoms with Crippen LogP contribution in [0.4, 0.5) is 0 Å². The number of hydrogen-bond donors (Lipinski definition) is 3. The Morgan fingerprint density at radius 2 is 1.72 bits per heavy atom. The zero-order chi connectivity index (χ0) is 13.8. The molecule has 0 fully saturated rings. The first kappa shape index (κ1) is 16.9. The Bertz CT molecular complexity index is 244. The van der Waals surface area contributed by atoms with E-state index in [9.17, 15) is 9.59 Å². The van der Waals surface area contributed by atoms with E-state index in [1.54, 1.807) is 0 Å². The van der Waals surface area contributed by atoms with Gasteiger partial charge in [0.2, 0.25) is 11.8 Å². The van der Waals surface area contributed by atoms with Crippen molar-refractivity contribution < 1.29 is 9.59 Å². The molecule has 0 aliphatic heterocycles. The molecule has 0 rings (SSSR count). The van der Waals surface area contributed by atoms with Crippen molar-refractivity contribution >= 4 is 11.8 Å². The van der Waals surface area contributed by atoms with Gasteiger partial charge in [0.1, 0.15) is 0 Å². The summed E-state index contributed by atoms with van der Waals surface area (Å²) in [6.45, 7) is 5.27. The number of hydrogen-bond acceptors (Lipinski definition) is 3. The molecule has 4 N–H and O–H groups in total. The van der Waals surface area contributed by atoms with Gasteiger partial charge >= 0.3 is 0 Å². The zero-order valence-electron chi connectivity index (χ0n) is 11.6. The van der Waals surface area contributed by atoms with Gasteiger partial charge in [0.25, 0.3) is 0 Å². The molecule has 0 radical (unpaired) electrons. The van der Waals surface area contributed by atoms with Crippen LogP contribution in [0.3, 0.4) is 0 Å². The highest BCUT2D eigenvalue weighted by Gasteiger charge is 2.11. The molecule has 0 bridgehead atoms. The molecule has 18 heavy (non-hydrogen) atoms. The fraction of sp³-hybridized carbons (Fsp3) is 0.846. The van der Waals surface area contributed by atoms with E-state index in [0.717, 1.165) is 25.7 Å². The highest BCUT2D eigenvalue weighted by molar-refractivity contribution is 5.81. The van der Waals surface area contributed by atoms with Crippen molar-refractivity contribution in [1.82, 2.24) is 10.6 Å². The molecule has 1 atom stereocenters. The van der Waals surface area contributed by atoms with Gasteiger partial charge in [0.05, 0.1) is 6.04 Å². The summed E-state index contributed by atoms with van der Waals surface area (Å²) in [5, 5.41) is 5.61. The summed E-state index contributed by atoms with van der Waals surface area (Å²) in [5.41, 5.74) is 5.77. The standard InChI is InChI=1S/C13H27N3O2/c1-3-5-9-16-13(18)11(14)8-6-7-10-15-12(17)4-2/h11H,3-10,14H2,1-2H3,(H,15,17)(H,16,18). The largest absolute Gasteiger partial charge is 0.356 e. The summed E-state index contributed by atoms with van der Waals surface area (Å²) in [5.74, 6) is -0.00218. The molecule has 0 aromatic heterocycles. The van der Waals surface area contributed by atoms with Gasteiger partial charge in [-0.05, 0) is 25.7 Å². The minimum absolute atomic E-state index is 0.0663. The van der Waals surface area contributed by atoms with Crippen molar-refractivity contribution in [3.05, 3.63) is 0 Å². The quantitative estimate of drug-likeness (QED) is 0.509. The molecule has 2 amide bonds. The molecule has 5 nitrogen and oxygen atoms in total. The Kier molecular flexibility index (Phi) is 10.3. The van der Waals surface area contributed by atoms with Crippen LogP contribution in [-0.2, 0) is 9.59 Å². The van der Waals surface area contributed by atoms with E-state index >= 15 is 0 Å². The van der Waals surface area contributed by atoms with Crippen LogP contribution in [-0.4, -0.2) is 30.9 Å². The molecule has 5 heteroatoms. The maximum atomic E-state index is 11.5. The minimum atomic E-state index is -0.427. The average Bonchev–Trinajstić information content (AvgIpc) is 2.37. The van der Waals surface area contributed by atoms with Crippen molar-refractivity contribution in [3.8, 4) is 0 Å². The molecule has 0 heterocycles. The van der Waals surface area contributed by atoms with Gasteiger partial charge in [-0.1, -0.05) is 20.3 Å². The normalized spacial score (nSPS) is 11.9. The zero-order valence-corrected chi connectivity index (χ0v) is 11.6. The third kappa shape index (κ3) is 8.98. The first-order valence-electron chi connectivity index (χ1n) is 6.91. The van der Waals surface area contributed by atoms with E-state index in [1.165, 1.54) is 0 Å². The van der Waals surface area contributed by atoms with Crippen molar-refractivity contribution in [2.45, 2.75) is 58.4 Å². The summed E-state index contributed by atoms with van der Waals surface area (Å²) in [7, 11) is 0. The van der Waals surface area contributed by atoms with Gasteiger partial charge in [-0.3, -0.25) is 9.59 Å². The first-order valence-corrected chi connectivity index (χ1v) is 6.91. The van der Waals surface area contributed by atoms with E-state index in [4.69, 9.17) is 5.73 Å². The van der Waals surface area contributed by atoms with E-state index in [2.05, 4.69) is 17.6 Å². The molecule has 0 spiro atoms. The highest BCUT2D eigenvalue weighted by atomic mass is 16.2. The van der Waals surface area contributed by atoms with Crippen LogP contribution < -0.4 is 16.4 Å². The number of carbonyl (C=O) groups is 2. The van der Waals surface area contributed by atoms with Crippen molar-refractivity contribution in [2.24, 2.45) is 5.73 Å². The van der Waals surface area contributed by atoms with Crippen LogP contribution in [0, 0.1) is 0 Å². The lowest BCUT2D eigenvalue weighted by Crippen LogP contribution is -2.40. The monoisotopic (exact) mass is 257 g/mol. The van der Waals surface area contributed by atoms with Gasteiger partial charge in [0, 0.05) is 19.5 Å². The molecule has 0 saturated carbocycles. The lowest BCUT2D eigenvalue weighted by Gasteiger charge is -2.12. The van der Waals surface area contributed by atoms with Gasteiger partial charge < -0.3 is 16.4 Å². The van der Waals surface area contributed by atoms with E-state index in [-0.39, 0.29) is 11.8 Å². The van der Waals surface area contributed by atoms with Crippen molar-refractivity contribution in [2.75, 3.05) is 13.1 Å². The minimum Gasteiger partial charge on any atom is -0.356 e. The van der Waals surface area contributed by atoms with Crippen LogP contribution in [0.1, 0.15) is 52.4 Å². The van der Waals surface area contributed by atoms with Gasteiger partial charge in [-0.15, -0.1) is 0 Å². The Labute approximate surface area is 110 Å². The fourth-order valence-corrected chi connectivity index (χ4v) is 1.49. The van der Waals surface area contributed by atoms with Gasteiger partial charge in [-0.2, -0.15) is 0 Å². The summed E-state index contributed by atoms with van der Waals surface area (Å²) in [4.78, 5) is 22.5. The smallest absolute Gasteiger partial charge is 0.236 e. The van der Waals surface area contributed by atoms with Crippen LogP contribution in [0.25, 0.3) is 0 Å². The molecule has 0 aromatic rings. The molecular formula is C13H27N3O2. The molecule has 0 aliphatic carbocycles. The number of unbranched alkanes of at least 4 members (excludes halogenated alkanes) is 2. The molecule has 0 saturated heterocycles. The second-order valence-corrected chi connectivity index (χ2v) is 4.45. The number of carbonyl (C=O) groups excluding carboxylic acids is 2. The summed E-state index contributed by atoms with van der Waals surface area (Å²) in [6, 6.07) is -0.427. The highest BCUT2D eigenvalue weighted by Crippen LogP contribution is 1.99. The average molecular weight is 257 g/mol. The van der Waals surface area contributed by atoms with E-state index in [1.807, 2.05) is 6.92 Å². The van der Waals surface area contributed by atoms with Gasteiger partial charge in [-0.25, -0.2) is 0 Å². The molecule has 0 aromatic carbocycles. The second-order valence-electron chi connectivity index (χ2n) is 4.45. The van der Waals surface area contributed by atoms with Crippen LogP contribution >= 0.6 is 0 Å². The summed E-state index contributed by atoms with van der Waals surface area (Å²) >= 11 is 0. The number of rotatable bonds is 10. The Morgan fingerprint density at radius 1 is 1.06 bits per heavy atom. The summed E-state index contributed by atoms with van der Waals surface area (Å²) < 4.78 is 0. The third-order valence-corrected chi connectivity index (χ3v) is 2.75. The third-order valence-electron chi connectivity index (χ3n) is 2.75. The Hall–Kier alpha value is -1.10. The fourth-order valence-electron chi connectivity index (χ4n) is 1.49. The van der Waals surface area contributed by atoms with Crippen LogP contribution in [0.15, 0.2) is 0 Å². The number of amides is 2. The van der Waals surface area contributed by atoms with Gasteiger partial charge in [0.15, 0.2) is 0 Å². The molecule has 0 aliphatic rings. The molecule has 1 unspecified atom stereocenters. The Morgan fingerprint density at radius 3 is 2.33 bits per heavy atom. The maximum Gasteiger partial charge on any atom is 0.236 e. The van der Waals surface area contributed by atoms with Crippen LogP contribution in [0.2, 0.25) is 0 Å². The predicted molar refractivity (Wildman–Crippen MR) is 73.0 cm³/mol. The SMILES string of the molecule is CCCCNC(=O)C(N)CCCCNC(=O)CC. The number of nitrogens with two attached hydrogens (primary N) is 1. The van der Waals surface area contributed by atoms with Crippen molar-refractivity contribution in [3.63, 3.8) is 0 Å². The van der Waals surface area contributed by atoms with Crippen molar-refractivity contribution in [1.29, 1.82) is 0 Å². The molecular weight excluding hydrogens is 230 g/mol. The van der Waals surface area contributed by atoms with Crippen LogP contribution in [0.5, 0.6) is 0 Å². The number of nitrogens with one attached hydrogen (secondary N) is 2. The lowest BCUT2D eigenvalue weighted by atomic mass is 10.1. The first-order chi connectivity index (χ1) is 8.61. The lowest BCUT2D eigenvalue weighted by molar-refractivity contribution is -0.123. The predicted octanol–water partition coefficient (Wildman–Crippen LogP) is 0.927. The maximum absolute atomic E-state index is 11.5. The molecule has 106 valence electrons. The van der Waals surface area contributed by atoms with E-state index < -0.39 is 6.04 Å². The second kappa shape index (κ2) is 11.0. The topological polar surface area (TPSA) is 84.2 Å².